The van der Waals surface area contributed by atoms with Crippen molar-refractivity contribution in [3.63, 3.8) is 0 Å². The van der Waals surface area contributed by atoms with Crippen LogP contribution in [0.5, 0.6) is 0 Å². The molecule has 0 aliphatic carbocycles. The molecule has 1 aliphatic rings. The Morgan fingerprint density at radius 1 is 1.35 bits per heavy atom. The molecule has 1 amide bonds. The highest BCUT2D eigenvalue weighted by molar-refractivity contribution is 7.18. The average Bonchev–Trinajstić information content (AvgIpc) is 2.87. The lowest BCUT2D eigenvalue weighted by atomic mass is 10.3. The molecule has 2 rings (SSSR count). The number of hydrogen-bond donors (Lipinski definition) is 1. The zero-order valence-electron chi connectivity index (χ0n) is 12.4. The lowest BCUT2D eigenvalue weighted by molar-refractivity contribution is 0.0649. The number of carbonyl (C=O) groups is 1. The molecule has 112 valence electrons. The maximum atomic E-state index is 12.5. The quantitative estimate of drug-likeness (QED) is 0.896. The molecule has 7 heteroatoms. The second-order valence-electron chi connectivity index (χ2n) is 4.95. The Bertz CT molecular complexity index is 467. The molecule has 0 bridgehead atoms. The van der Waals surface area contributed by atoms with Crippen LogP contribution in [0.3, 0.4) is 0 Å². The van der Waals surface area contributed by atoms with Gasteiger partial charge in [0.25, 0.3) is 5.91 Å². The maximum absolute atomic E-state index is 12.5. The van der Waals surface area contributed by atoms with E-state index in [9.17, 15) is 4.79 Å². The summed E-state index contributed by atoms with van der Waals surface area (Å²) in [4.78, 5) is 23.6. The Labute approximate surface area is 124 Å². The number of piperazine rings is 1. The summed E-state index contributed by atoms with van der Waals surface area (Å²) in [6, 6.07) is 0. The molecule has 1 aliphatic heterocycles. The predicted octanol–water partition coefficient (Wildman–Crippen LogP) is 0.959. The first kappa shape index (κ1) is 15.1. The van der Waals surface area contributed by atoms with E-state index in [4.69, 9.17) is 5.73 Å². The van der Waals surface area contributed by atoms with Gasteiger partial charge in [0.05, 0.1) is 0 Å². The van der Waals surface area contributed by atoms with Crippen molar-refractivity contribution in [1.82, 2.24) is 14.8 Å². The highest BCUT2D eigenvalue weighted by atomic mass is 32.1. The molecule has 0 atom stereocenters. The van der Waals surface area contributed by atoms with Gasteiger partial charge in [0, 0.05) is 39.8 Å². The lowest BCUT2D eigenvalue weighted by Gasteiger charge is -2.33. The van der Waals surface area contributed by atoms with Crippen LogP contribution in [-0.4, -0.2) is 67.0 Å². The average molecular weight is 297 g/mol. The largest absolute Gasteiger partial charge is 0.382 e. The lowest BCUT2D eigenvalue weighted by Crippen LogP contribution is -2.48. The van der Waals surface area contributed by atoms with Crippen LogP contribution < -0.4 is 10.6 Å². The summed E-state index contributed by atoms with van der Waals surface area (Å²) in [6.45, 7) is 9.47. The molecule has 1 saturated heterocycles. The zero-order valence-corrected chi connectivity index (χ0v) is 13.2. The van der Waals surface area contributed by atoms with Crippen molar-refractivity contribution in [3.05, 3.63) is 4.88 Å². The molecule has 0 saturated carbocycles. The molecule has 1 aromatic rings. The summed E-state index contributed by atoms with van der Waals surface area (Å²) in [6.07, 6.45) is 0. The van der Waals surface area contributed by atoms with Crippen LogP contribution in [0.2, 0.25) is 0 Å². The van der Waals surface area contributed by atoms with Gasteiger partial charge < -0.3 is 20.4 Å². The van der Waals surface area contributed by atoms with Gasteiger partial charge in [-0.1, -0.05) is 18.3 Å². The minimum Gasteiger partial charge on any atom is -0.382 e. The molecular weight excluding hydrogens is 274 g/mol. The number of likely N-dealkylation sites (N-methyl/N-ethyl adjacent to an activating group) is 1. The van der Waals surface area contributed by atoms with Gasteiger partial charge in [-0.05, 0) is 13.5 Å². The minimum atomic E-state index is 0.0199. The number of nitrogens with zero attached hydrogens (tertiary/aromatic N) is 4. The van der Waals surface area contributed by atoms with E-state index in [0.29, 0.717) is 10.7 Å². The number of aromatic nitrogens is 1. The molecular formula is C13H23N5OS. The summed E-state index contributed by atoms with van der Waals surface area (Å²) in [5.41, 5.74) is 5.91. The summed E-state index contributed by atoms with van der Waals surface area (Å²) < 4.78 is 0. The van der Waals surface area contributed by atoms with Gasteiger partial charge in [0.1, 0.15) is 10.7 Å². The van der Waals surface area contributed by atoms with E-state index in [-0.39, 0.29) is 5.91 Å². The number of nitrogens with two attached hydrogens (primary N) is 1. The Morgan fingerprint density at radius 3 is 2.55 bits per heavy atom. The molecule has 0 radical (unpaired) electrons. The second kappa shape index (κ2) is 6.41. The highest BCUT2D eigenvalue weighted by Crippen LogP contribution is 2.28. The van der Waals surface area contributed by atoms with Crippen molar-refractivity contribution in [2.45, 2.75) is 13.8 Å². The van der Waals surface area contributed by atoms with E-state index >= 15 is 0 Å². The zero-order chi connectivity index (χ0) is 14.7. The number of amides is 1. The fourth-order valence-electron chi connectivity index (χ4n) is 2.18. The smallest absolute Gasteiger partial charge is 0.267 e. The van der Waals surface area contributed by atoms with E-state index in [1.54, 1.807) is 0 Å². The third-order valence-corrected chi connectivity index (χ3v) is 4.92. The summed E-state index contributed by atoms with van der Waals surface area (Å²) in [7, 11) is 1.95. The molecule has 1 fully saturated rings. The Morgan fingerprint density at radius 2 is 2.00 bits per heavy atom. The number of rotatable bonds is 4. The SMILES string of the molecule is CCN1CCN(C(=O)c2sc(N(C)CC)nc2N)CC1. The molecule has 0 spiro atoms. The van der Waals surface area contributed by atoms with Crippen molar-refractivity contribution < 1.29 is 4.79 Å². The van der Waals surface area contributed by atoms with Gasteiger partial charge in [0.2, 0.25) is 0 Å². The van der Waals surface area contributed by atoms with Crippen LogP contribution >= 0.6 is 11.3 Å². The molecule has 1 aromatic heterocycles. The second-order valence-corrected chi connectivity index (χ2v) is 5.93. The van der Waals surface area contributed by atoms with Crippen molar-refractivity contribution in [3.8, 4) is 0 Å². The molecule has 2 N–H and O–H groups in total. The van der Waals surface area contributed by atoms with Gasteiger partial charge in [-0.2, -0.15) is 0 Å². The molecule has 20 heavy (non-hydrogen) atoms. The third kappa shape index (κ3) is 3.04. The number of carbonyl (C=O) groups excluding carboxylic acids is 1. The maximum Gasteiger partial charge on any atom is 0.267 e. The van der Waals surface area contributed by atoms with Gasteiger partial charge in [-0.3, -0.25) is 4.79 Å². The minimum absolute atomic E-state index is 0.0199. The van der Waals surface area contributed by atoms with Gasteiger partial charge in [-0.25, -0.2) is 4.98 Å². The van der Waals surface area contributed by atoms with Crippen LogP contribution in [0.25, 0.3) is 0 Å². The van der Waals surface area contributed by atoms with Gasteiger partial charge in [-0.15, -0.1) is 0 Å². The topological polar surface area (TPSA) is 65.7 Å². The summed E-state index contributed by atoms with van der Waals surface area (Å²) in [5, 5.41) is 0.806. The number of anilines is 2. The molecule has 0 aromatic carbocycles. The Balaban J connectivity index is 2.08. The fraction of sp³-hybridized carbons (Fsp3) is 0.692. The van der Waals surface area contributed by atoms with Crippen LogP contribution in [-0.2, 0) is 0 Å². The van der Waals surface area contributed by atoms with Crippen molar-refractivity contribution in [2.24, 2.45) is 0 Å². The predicted molar refractivity (Wildman–Crippen MR) is 83.5 cm³/mol. The molecule has 6 nitrogen and oxygen atoms in total. The third-order valence-electron chi connectivity index (χ3n) is 3.74. The normalized spacial score (nSPS) is 16.4. The van der Waals surface area contributed by atoms with Crippen LogP contribution in [0, 0.1) is 0 Å². The van der Waals surface area contributed by atoms with Crippen molar-refractivity contribution in [1.29, 1.82) is 0 Å². The van der Waals surface area contributed by atoms with Crippen molar-refractivity contribution in [2.75, 3.05) is 56.9 Å². The van der Waals surface area contributed by atoms with E-state index in [0.717, 1.165) is 44.4 Å². The van der Waals surface area contributed by atoms with Gasteiger partial charge in [0.15, 0.2) is 5.13 Å². The van der Waals surface area contributed by atoms with E-state index in [1.165, 1.54) is 11.3 Å². The summed E-state index contributed by atoms with van der Waals surface area (Å²) >= 11 is 1.39. The first-order chi connectivity index (χ1) is 9.56. The Hall–Kier alpha value is -1.34. The number of hydrogen-bond acceptors (Lipinski definition) is 6. The standard InChI is InChI=1S/C13H23N5OS/c1-4-16(3)13-15-11(14)10(20-13)12(19)18-8-6-17(5-2)7-9-18/h4-9,14H2,1-3H3. The number of thiazole rings is 1. The van der Waals surface area contributed by atoms with Crippen molar-refractivity contribution >= 4 is 28.2 Å². The Kier molecular flexibility index (Phi) is 4.82. The van der Waals surface area contributed by atoms with Crippen LogP contribution in [0.15, 0.2) is 0 Å². The van der Waals surface area contributed by atoms with E-state index in [1.807, 2.05) is 23.8 Å². The summed E-state index contributed by atoms with van der Waals surface area (Å²) in [5.74, 6) is 0.375. The van der Waals surface area contributed by atoms with E-state index < -0.39 is 0 Å². The first-order valence-corrected chi connectivity index (χ1v) is 7.87. The van der Waals surface area contributed by atoms with Crippen LogP contribution in [0.4, 0.5) is 10.9 Å². The van der Waals surface area contributed by atoms with E-state index in [2.05, 4.69) is 16.8 Å². The first-order valence-electron chi connectivity index (χ1n) is 7.05. The van der Waals surface area contributed by atoms with Gasteiger partial charge >= 0.3 is 0 Å². The molecule has 0 unspecified atom stereocenters. The molecule has 2 heterocycles. The monoisotopic (exact) mass is 297 g/mol. The fourth-order valence-corrected chi connectivity index (χ4v) is 3.16. The number of nitrogen functional groups attached to an aromatic ring is 1. The highest BCUT2D eigenvalue weighted by Gasteiger charge is 2.25. The van der Waals surface area contributed by atoms with Crippen LogP contribution in [0.1, 0.15) is 23.5 Å².